The van der Waals surface area contributed by atoms with Crippen LogP contribution >= 0.6 is 0 Å². The van der Waals surface area contributed by atoms with Gasteiger partial charge in [0.2, 0.25) is 0 Å². The summed E-state index contributed by atoms with van der Waals surface area (Å²) >= 11 is 0. The minimum atomic E-state index is -0.560. The Morgan fingerprint density at radius 2 is 1.90 bits per heavy atom. The number of hydrogen-bond acceptors (Lipinski definition) is 5. The van der Waals surface area contributed by atoms with Gasteiger partial charge in [-0.2, -0.15) is 0 Å². The molecule has 1 aliphatic heterocycles. The lowest BCUT2D eigenvalue weighted by Crippen LogP contribution is -2.45. The summed E-state index contributed by atoms with van der Waals surface area (Å²) in [7, 11) is 2.07. The van der Waals surface area contributed by atoms with Gasteiger partial charge in [0, 0.05) is 31.6 Å². The molecular weight excluding hydrogens is 268 g/mol. The van der Waals surface area contributed by atoms with Crippen molar-refractivity contribution in [2.24, 2.45) is 0 Å². The maximum atomic E-state index is 12.0. The van der Waals surface area contributed by atoms with E-state index in [1.54, 1.807) is 6.07 Å². The lowest BCUT2D eigenvalue weighted by molar-refractivity contribution is 0.112. The largest absolute Gasteiger partial charge is 0.422 e. The zero-order valence-corrected chi connectivity index (χ0v) is 12.3. The average molecular weight is 286 g/mol. The number of aldehydes is 1. The highest BCUT2D eigenvalue weighted by atomic mass is 16.4. The van der Waals surface area contributed by atoms with Crippen LogP contribution in [0.2, 0.25) is 0 Å². The van der Waals surface area contributed by atoms with Gasteiger partial charge in [0.15, 0.2) is 6.29 Å². The van der Waals surface area contributed by atoms with Crippen molar-refractivity contribution in [2.75, 3.05) is 38.1 Å². The number of benzene rings is 1. The number of piperazine rings is 1. The van der Waals surface area contributed by atoms with Crippen LogP contribution < -0.4 is 10.5 Å². The first-order chi connectivity index (χ1) is 10.1. The number of carbonyl (C=O) groups is 1. The van der Waals surface area contributed by atoms with Crippen LogP contribution in [0.25, 0.3) is 11.0 Å². The lowest BCUT2D eigenvalue weighted by Gasteiger charge is -2.35. The highest BCUT2D eigenvalue weighted by Crippen LogP contribution is 2.29. The predicted molar refractivity (Wildman–Crippen MR) is 82.3 cm³/mol. The molecule has 21 heavy (non-hydrogen) atoms. The molecule has 1 saturated heterocycles. The van der Waals surface area contributed by atoms with Gasteiger partial charge in [-0.3, -0.25) is 4.79 Å². The first-order valence-corrected chi connectivity index (χ1v) is 7.06. The maximum absolute atomic E-state index is 12.0. The Morgan fingerprint density at radius 3 is 2.57 bits per heavy atom. The monoisotopic (exact) mass is 286 g/mol. The fourth-order valence-electron chi connectivity index (χ4n) is 2.79. The molecule has 5 heteroatoms. The van der Waals surface area contributed by atoms with Crippen LogP contribution in [0.3, 0.4) is 0 Å². The summed E-state index contributed by atoms with van der Waals surface area (Å²) in [6.45, 7) is 5.39. The van der Waals surface area contributed by atoms with Gasteiger partial charge in [-0.1, -0.05) is 11.6 Å². The summed E-state index contributed by atoms with van der Waals surface area (Å²) in [5.74, 6) is 0. The molecule has 1 fully saturated rings. The second-order valence-corrected chi connectivity index (χ2v) is 5.56. The number of rotatable bonds is 2. The number of carbonyl (C=O) groups excluding carboxylic acids is 1. The maximum Gasteiger partial charge on any atom is 0.349 e. The van der Waals surface area contributed by atoms with Crippen LogP contribution in [-0.4, -0.2) is 44.4 Å². The van der Waals surface area contributed by atoms with E-state index < -0.39 is 5.63 Å². The third-order valence-corrected chi connectivity index (χ3v) is 4.01. The first kappa shape index (κ1) is 13.8. The summed E-state index contributed by atoms with van der Waals surface area (Å²) in [6.07, 6.45) is 0.612. The Labute approximate surface area is 122 Å². The number of anilines is 1. The molecule has 1 aromatic heterocycles. The fourth-order valence-corrected chi connectivity index (χ4v) is 2.79. The molecule has 1 aliphatic rings. The third-order valence-electron chi connectivity index (χ3n) is 4.01. The van der Waals surface area contributed by atoms with Crippen LogP contribution in [0.4, 0.5) is 5.69 Å². The van der Waals surface area contributed by atoms with Crippen molar-refractivity contribution in [3.63, 3.8) is 0 Å². The van der Waals surface area contributed by atoms with Crippen LogP contribution in [0.15, 0.2) is 27.4 Å². The zero-order valence-electron chi connectivity index (χ0n) is 12.3. The van der Waals surface area contributed by atoms with Gasteiger partial charge in [-0.25, -0.2) is 4.79 Å². The first-order valence-electron chi connectivity index (χ1n) is 7.06. The molecule has 0 radical (unpaired) electrons. The number of nitrogens with zero attached hydrogens (tertiary/aromatic N) is 2. The smallest absolute Gasteiger partial charge is 0.349 e. The van der Waals surface area contributed by atoms with Gasteiger partial charge in [0.1, 0.15) is 11.1 Å². The Bertz CT molecular complexity index is 743. The highest BCUT2D eigenvalue weighted by Gasteiger charge is 2.22. The Kier molecular flexibility index (Phi) is 3.51. The van der Waals surface area contributed by atoms with Gasteiger partial charge in [0.25, 0.3) is 0 Å². The summed E-state index contributed by atoms with van der Waals surface area (Å²) in [6, 6.07) is 5.67. The van der Waals surface area contributed by atoms with E-state index >= 15 is 0 Å². The summed E-state index contributed by atoms with van der Waals surface area (Å²) in [5.41, 5.74) is 1.88. The van der Waals surface area contributed by atoms with E-state index in [0.717, 1.165) is 37.1 Å². The Balaban J connectivity index is 2.24. The molecule has 3 rings (SSSR count). The molecule has 0 aliphatic carbocycles. The van der Waals surface area contributed by atoms with Crippen molar-refractivity contribution in [1.82, 2.24) is 4.90 Å². The minimum Gasteiger partial charge on any atom is -0.422 e. The van der Waals surface area contributed by atoms with Gasteiger partial charge in [-0.05, 0) is 26.1 Å². The summed E-state index contributed by atoms with van der Waals surface area (Å²) in [4.78, 5) is 27.8. The molecule has 0 atom stereocenters. The molecule has 2 aromatic rings. The van der Waals surface area contributed by atoms with Crippen LogP contribution in [0.5, 0.6) is 0 Å². The molecule has 1 aromatic carbocycles. The van der Waals surface area contributed by atoms with E-state index in [1.807, 2.05) is 19.1 Å². The highest BCUT2D eigenvalue weighted by molar-refractivity contribution is 5.99. The molecule has 2 heterocycles. The van der Waals surface area contributed by atoms with Gasteiger partial charge in [0.05, 0.1) is 5.69 Å². The normalized spacial score (nSPS) is 16.4. The minimum absolute atomic E-state index is 0.123. The number of hydrogen-bond donors (Lipinski definition) is 0. The number of likely N-dealkylation sites (N-methyl/N-ethyl adjacent to an activating group) is 1. The van der Waals surface area contributed by atoms with Crippen LogP contribution in [-0.2, 0) is 0 Å². The number of aryl methyl sites for hydroxylation is 1. The Hall–Kier alpha value is -2.14. The quantitative estimate of drug-likeness (QED) is 0.621. The molecule has 110 valence electrons. The molecule has 0 N–H and O–H groups in total. The van der Waals surface area contributed by atoms with Gasteiger partial charge in [-0.15, -0.1) is 0 Å². The molecule has 0 amide bonds. The summed E-state index contributed by atoms with van der Waals surface area (Å²) < 4.78 is 5.27. The second-order valence-electron chi connectivity index (χ2n) is 5.56. The molecule has 0 bridgehead atoms. The van der Waals surface area contributed by atoms with Crippen LogP contribution in [0.1, 0.15) is 15.9 Å². The van der Waals surface area contributed by atoms with E-state index in [0.29, 0.717) is 17.6 Å². The van der Waals surface area contributed by atoms with E-state index in [4.69, 9.17) is 4.42 Å². The van der Waals surface area contributed by atoms with Crippen molar-refractivity contribution in [1.29, 1.82) is 0 Å². The molecule has 0 spiro atoms. The average Bonchev–Trinajstić information content (AvgIpc) is 2.47. The fraction of sp³-hybridized carbons (Fsp3) is 0.375. The molecular formula is C16H18N2O3. The number of fused-ring (bicyclic) bond motifs is 1. The van der Waals surface area contributed by atoms with Crippen LogP contribution in [0, 0.1) is 6.92 Å². The zero-order chi connectivity index (χ0) is 15.0. The van der Waals surface area contributed by atoms with Gasteiger partial charge >= 0.3 is 5.63 Å². The SMILES string of the molecule is Cc1ccc2oc(=O)c(C=O)c(N3CCN(C)CC3)c2c1. The molecule has 0 unspecified atom stereocenters. The Morgan fingerprint density at radius 1 is 1.19 bits per heavy atom. The van der Waals surface area contributed by atoms with E-state index in [9.17, 15) is 9.59 Å². The van der Waals surface area contributed by atoms with Crippen molar-refractivity contribution in [3.8, 4) is 0 Å². The van der Waals surface area contributed by atoms with Gasteiger partial charge < -0.3 is 14.2 Å². The van der Waals surface area contributed by atoms with E-state index in [2.05, 4.69) is 16.8 Å². The summed E-state index contributed by atoms with van der Waals surface area (Å²) in [5, 5.41) is 0.834. The van der Waals surface area contributed by atoms with E-state index in [-0.39, 0.29) is 5.56 Å². The van der Waals surface area contributed by atoms with E-state index in [1.165, 1.54) is 0 Å². The third kappa shape index (κ3) is 2.45. The predicted octanol–water partition coefficient (Wildman–Crippen LogP) is 1.67. The molecule has 0 saturated carbocycles. The lowest BCUT2D eigenvalue weighted by atomic mass is 10.1. The standard InChI is InChI=1S/C16H18N2O3/c1-11-3-4-14-12(9-11)15(13(10-19)16(20)21-14)18-7-5-17(2)6-8-18/h3-4,9-10H,5-8H2,1-2H3. The van der Waals surface area contributed by atoms with Crippen molar-refractivity contribution in [3.05, 3.63) is 39.7 Å². The topological polar surface area (TPSA) is 53.8 Å². The second kappa shape index (κ2) is 5.33. The van der Waals surface area contributed by atoms with Crippen molar-refractivity contribution in [2.45, 2.75) is 6.92 Å². The van der Waals surface area contributed by atoms with Crippen molar-refractivity contribution >= 4 is 22.9 Å². The molecule has 5 nitrogen and oxygen atoms in total. The van der Waals surface area contributed by atoms with Crippen molar-refractivity contribution < 1.29 is 9.21 Å².